The fraction of sp³-hybridized carbons (Fsp3) is 0.400. The van der Waals surface area contributed by atoms with Gasteiger partial charge in [0.2, 0.25) is 5.91 Å². The molecule has 0 saturated heterocycles. The van der Waals surface area contributed by atoms with Crippen molar-refractivity contribution < 1.29 is 9.59 Å². The first-order valence-electron chi connectivity index (χ1n) is 11.1. The Morgan fingerprint density at radius 1 is 1.25 bits per heavy atom. The number of amides is 2. The highest BCUT2D eigenvalue weighted by Crippen LogP contribution is 2.32. The van der Waals surface area contributed by atoms with E-state index in [9.17, 15) is 9.59 Å². The molecule has 0 saturated carbocycles. The van der Waals surface area contributed by atoms with Crippen LogP contribution < -0.4 is 0 Å². The number of aromatic nitrogens is 2. The van der Waals surface area contributed by atoms with E-state index in [0.29, 0.717) is 31.0 Å². The van der Waals surface area contributed by atoms with Gasteiger partial charge in [0.25, 0.3) is 5.91 Å². The quantitative estimate of drug-likeness (QED) is 0.592. The van der Waals surface area contributed by atoms with E-state index in [1.165, 1.54) is 5.56 Å². The molecule has 1 aliphatic heterocycles. The number of rotatable bonds is 6. The van der Waals surface area contributed by atoms with Crippen LogP contribution in [0.2, 0.25) is 0 Å². The maximum Gasteiger partial charge on any atom is 0.269 e. The molecule has 2 amide bonds. The van der Waals surface area contributed by atoms with E-state index in [0.717, 1.165) is 40.0 Å². The molecule has 1 aliphatic rings. The van der Waals surface area contributed by atoms with Crippen molar-refractivity contribution >= 4 is 39.6 Å². The molecule has 1 N–H and O–H groups in total. The highest BCUT2D eigenvalue weighted by molar-refractivity contribution is 7.09. The van der Waals surface area contributed by atoms with Crippen LogP contribution in [0.25, 0.3) is 16.5 Å². The minimum atomic E-state index is -0.0358. The molecule has 3 aromatic rings. The van der Waals surface area contributed by atoms with Gasteiger partial charge in [-0.25, -0.2) is 4.98 Å². The lowest BCUT2D eigenvalue weighted by molar-refractivity contribution is -0.130. The Kier molecular flexibility index (Phi) is 6.46. The Morgan fingerprint density at radius 2 is 2.06 bits per heavy atom. The van der Waals surface area contributed by atoms with Crippen molar-refractivity contribution in [3.05, 3.63) is 57.7 Å². The van der Waals surface area contributed by atoms with Gasteiger partial charge in [-0.15, -0.1) is 11.3 Å². The number of fused-ring (bicyclic) bond motifs is 1. The molecule has 7 heteroatoms. The summed E-state index contributed by atoms with van der Waals surface area (Å²) in [6.45, 7) is 5.71. The zero-order chi connectivity index (χ0) is 22.8. The minimum Gasteiger partial charge on any atom is -0.350 e. The Morgan fingerprint density at radius 3 is 2.75 bits per heavy atom. The second-order valence-corrected chi connectivity index (χ2v) is 9.80. The Bertz CT molecular complexity index is 1160. The molecule has 32 heavy (non-hydrogen) atoms. The molecule has 3 heterocycles. The van der Waals surface area contributed by atoms with Crippen LogP contribution in [0, 0.1) is 0 Å². The molecule has 6 nitrogen and oxygen atoms in total. The first kappa shape index (κ1) is 22.3. The van der Waals surface area contributed by atoms with Crippen molar-refractivity contribution in [2.45, 2.75) is 39.0 Å². The molecule has 0 unspecified atom stereocenters. The number of hydrogen-bond donors (Lipinski definition) is 1. The van der Waals surface area contributed by atoms with Crippen LogP contribution in [0.4, 0.5) is 0 Å². The number of carbonyl (C=O) groups is 2. The molecular formula is C25H30N4O2S. The van der Waals surface area contributed by atoms with Crippen molar-refractivity contribution in [1.82, 2.24) is 19.8 Å². The lowest BCUT2D eigenvalue weighted by Crippen LogP contribution is -2.35. The summed E-state index contributed by atoms with van der Waals surface area (Å²) >= 11 is 1.60. The van der Waals surface area contributed by atoms with Gasteiger partial charge in [-0.2, -0.15) is 0 Å². The Hall–Kier alpha value is -2.93. The summed E-state index contributed by atoms with van der Waals surface area (Å²) in [7, 11) is 3.52. The summed E-state index contributed by atoms with van der Waals surface area (Å²) in [5.74, 6) is 0.455. The van der Waals surface area contributed by atoms with Crippen molar-refractivity contribution in [2.24, 2.45) is 0 Å². The van der Waals surface area contributed by atoms with Gasteiger partial charge in [0, 0.05) is 62.5 Å². The molecule has 0 aliphatic carbocycles. The molecule has 4 rings (SSSR count). The first-order valence-corrected chi connectivity index (χ1v) is 11.9. The fourth-order valence-corrected chi connectivity index (χ4v) is 4.82. The second kappa shape index (κ2) is 9.28. The third-order valence-electron chi connectivity index (χ3n) is 5.94. The summed E-state index contributed by atoms with van der Waals surface area (Å²) in [5, 5.41) is 4.04. The normalized spacial score (nSPS) is 14.2. The molecule has 0 atom stereocenters. The number of benzene rings is 1. The Balaban J connectivity index is 1.58. The van der Waals surface area contributed by atoms with Crippen molar-refractivity contribution in [2.75, 3.05) is 27.2 Å². The first-order chi connectivity index (χ1) is 15.3. The van der Waals surface area contributed by atoms with E-state index in [1.807, 2.05) is 16.3 Å². The van der Waals surface area contributed by atoms with Crippen molar-refractivity contribution in [3.63, 3.8) is 0 Å². The highest BCUT2D eigenvalue weighted by Gasteiger charge is 2.21. The van der Waals surface area contributed by atoms with E-state index < -0.39 is 0 Å². The molecular weight excluding hydrogens is 420 g/mol. The monoisotopic (exact) mass is 450 g/mol. The number of thiazole rings is 1. The van der Waals surface area contributed by atoms with Gasteiger partial charge in [0.1, 0.15) is 5.69 Å². The van der Waals surface area contributed by atoms with Gasteiger partial charge >= 0.3 is 0 Å². The number of nitrogens with zero attached hydrogens (tertiary/aromatic N) is 3. The van der Waals surface area contributed by atoms with Crippen LogP contribution in [0.3, 0.4) is 0 Å². The summed E-state index contributed by atoms with van der Waals surface area (Å²) in [5.41, 5.74) is 5.05. The lowest BCUT2D eigenvalue weighted by Gasteiger charge is -2.28. The number of H-pyrrole nitrogens is 1. The lowest BCUT2D eigenvalue weighted by atomic mass is 9.92. The molecule has 1 aromatic carbocycles. The van der Waals surface area contributed by atoms with Crippen LogP contribution in [0.5, 0.6) is 0 Å². The SMILES string of the molecule is CC(C)c1cc(C2=CCCN(C(=O)CCc3nccs3)C2)cc2[nH]c(C(=O)N(C)C)cc12. The van der Waals surface area contributed by atoms with Crippen LogP contribution in [0.1, 0.15) is 59.2 Å². The summed E-state index contributed by atoms with van der Waals surface area (Å²) < 4.78 is 0. The van der Waals surface area contributed by atoms with Gasteiger partial charge in [-0.05, 0) is 41.2 Å². The zero-order valence-corrected chi connectivity index (χ0v) is 20.0. The van der Waals surface area contributed by atoms with Gasteiger partial charge in [-0.1, -0.05) is 26.0 Å². The highest BCUT2D eigenvalue weighted by atomic mass is 32.1. The third kappa shape index (κ3) is 4.63. The van der Waals surface area contributed by atoms with E-state index in [4.69, 9.17) is 0 Å². The number of hydrogen-bond acceptors (Lipinski definition) is 4. The van der Waals surface area contributed by atoms with Crippen LogP contribution >= 0.6 is 11.3 Å². The topological polar surface area (TPSA) is 69.3 Å². The van der Waals surface area contributed by atoms with Crippen molar-refractivity contribution in [1.29, 1.82) is 0 Å². The number of aromatic amines is 1. The Labute approximate surface area is 192 Å². The van der Waals surface area contributed by atoms with Gasteiger partial charge in [0.05, 0.1) is 5.01 Å². The van der Waals surface area contributed by atoms with E-state index >= 15 is 0 Å². The summed E-state index contributed by atoms with van der Waals surface area (Å²) in [6.07, 6.45) is 6.06. The molecule has 0 bridgehead atoms. The summed E-state index contributed by atoms with van der Waals surface area (Å²) in [4.78, 5) is 36.4. The van der Waals surface area contributed by atoms with E-state index in [2.05, 4.69) is 42.0 Å². The average molecular weight is 451 g/mol. The molecule has 0 spiro atoms. The average Bonchev–Trinajstić information content (AvgIpc) is 3.45. The standard InChI is InChI=1S/C25H30N4O2S/c1-16(2)19-12-18(13-21-20(19)14-22(27-21)25(31)28(3)4)17-6-5-10-29(15-17)24(30)8-7-23-26-9-11-32-23/h6,9,11-14,16,27H,5,7-8,10,15H2,1-4H3. The second-order valence-electron chi connectivity index (χ2n) is 8.82. The smallest absolute Gasteiger partial charge is 0.269 e. The van der Waals surface area contributed by atoms with E-state index in [-0.39, 0.29) is 11.8 Å². The molecule has 168 valence electrons. The largest absolute Gasteiger partial charge is 0.350 e. The van der Waals surface area contributed by atoms with Gasteiger partial charge in [0.15, 0.2) is 0 Å². The number of aryl methyl sites for hydroxylation is 1. The molecule has 0 radical (unpaired) electrons. The predicted molar refractivity (Wildman–Crippen MR) is 130 cm³/mol. The van der Waals surface area contributed by atoms with E-state index in [1.54, 1.807) is 36.5 Å². The van der Waals surface area contributed by atoms with Crippen LogP contribution in [-0.4, -0.2) is 58.8 Å². The number of nitrogens with one attached hydrogen (secondary N) is 1. The molecule has 2 aromatic heterocycles. The van der Waals surface area contributed by atoms with Crippen LogP contribution in [0.15, 0.2) is 35.9 Å². The van der Waals surface area contributed by atoms with Gasteiger partial charge < -0.3 is 14.8 Å². The maximum absolute atomic E-state index is 12.8. The fourth-order valence-electron chi connectivity index (χ4n) is 4.20. The summed E-state index contributed by atoms with van der Waals surface area (Å²) in [6, 6.07) is 6.30. The number of carbonyl (C=O) groups excluding carboxylic acids is 2. The maximum atomic E-state index is 12.8. The molecule has 0 fully saturated rings. The van der Waals surface area contributed by atoms with Crippen LogP contribution in [-0.2, 0) is 11.2 Å². The predicted octanol–water partition coefficient (Wildman–Crippen LogP) is 4.70. The van der Waals surface area contributed by atoms with Gasteiger partial charge in [-0.3, -0.25) is 9.59 Å². The van der Waals surface area contributed by atoms with Crippen molar-refractivity contribution in [3.8, 4) is 0 Å². The minimum absolute atomic E-state index is 0.0358. The zero-order valence-electron chi connectivity index (χ0n) is 19.1. The third-order valence-corrected chi connectivity index (χ3v) is 6.78.